The molecule has 21 heavy (non-hydrogen) atoms. The fourth-order valence-corrected chi connectivity index (χ4v) is 3.00. The molecule has 5 nitrogen and oxygen atoms in total. The number of halogens is 2. The van der Waals surface area contributed by atoms with E-state index in [1.54, 1.807) is 12.3 Å². The van der Waals surface area contributed by atoms with Gasteiger partial charge in [-0.05, 0) is 54.3 Å². The van der Waals surface area contributed by atoms with E-state index >= 15 is 0 Å². The number of nitrogens with zero attached hydrogens (tertiary/aromatic N) is 2. The Labute approximate surface area is 139 Å². The summed E-state index contributed by atoms with van der Waals surface area (Å²) >= 11 is 3.32. The summed E-state index contributed by atoms with van der Waals surface area (Å²) in [6, 6.07) is 3.16. The van der Waals surface area contributed by atoms with E-state index in [4.69, 9.17) is 0 Å². The Morgan fingerprint density at radius 3 is 2.95 bits per heavy atom. The molecule has 118 valence electrons. The minimum absolute atomic E-state index is 0. The molecule has 7 heteroatoms. The van der Waals surface area contributed by atoms with Crippen molar-refractivity contribution in [1.29, 1.82) is 0 Å². The molecule has 0 bridgehead atoms. The maximum atomic E-state index is 12.3. The monoisotopic (exact) mass is 377 g/mol. The van der Waals surface area contributed by atoms with Gasteiger partial charge >= 0.3 is 0 Å². The van der Waals surface area contributed by atoms with E-state index in [9.17, 15) is 9.59 Å². The fraction of sp³-hybridized carbons (Fsp3) is 0.571. The predicted octanol–water partition coefficient (Wildman–Crippen LogP) is 1.49. The molecule has 0 aromatic carbocycles. The Morgan fingerprint density at radius 2 is 2.24 bits per heavy atom. The van der Waals surface area contributed by atoms with Crippen molar-refractivity contribution in [3.63, 3.8) is 0 Å². The first kappa shape index (κ1) is 18.2. The van der Waals surface area contributed by atoms with Crippen LogP contribution in [0.4, 0.5) is 0 Å². The molecule has 2 heterocycles. The first-order valence-electron chi connectivity index (χ1n) is 6.88. The quantitative estimate of drug-likeness (QED) is 0.864. The third-order valence-electron chi connectivity index (χ3n) is 3.62. The average molecular weight is 379 g/mol. The zero-order chi connectivity index (χ0) is 14.5. The van der Waals surface area contributed by atoms with Gasteiger partial charge in [0.25, 0.3) is 5.56 Å². The van der Waals surface area contributed by atoms with Crippen molar-refractivity contribution in [2.24, 2.45) is 5.92 Å². The molecule has 2 rings (SSSR count). The maximum absolute atomic E-state index is 12.3. The van der Waals surface area contributed by atoms with E-state index in [2.05, 4.69) is 21.2 Å². The Hall–Kier alpha value is -0.850. The highest BCUT2D eigenvalue weighted by molar-refractivity contribution is 9.10. The molecule has 1 saturated heterocycles. The van der Waals surface area contributed by atoms with Gasteiger partial charge in [0.2, 0.25) is 5.91 Å². The highest BCUT2D eigenvalue weighted by Crippen LogP contribution is 2.16. The zero-order valence-electron chi connectivity index (χ0n) is 12.0. The number of carbonyl (C=O) groups is 1. The van der Waals surface area contributed by atoms with Gasteiger partial charge in [-0.2, -0.15) is 0 Å². The zero-order valence-corrected chi connectivity index (χ0v) is 14.5. The van der Waals surface area contributed by atoms with Gasteiger partial charge in [-0.1, -0.05) is 0 Å². The SMILES string of the molecule is CNCC1CCCN(C(=O)Cn2cc(Br)ccc2=O)C1.Cl. The summed E-state index contributed by atoms with van der Waals surface area (Å²) in [5, 5.41) is 3.16. The van der Waals surface area contributed by atoms with Crippen LogP contribution in [0.1, 0.15) is 12.8 Å². The third-order valence-corrected chi connectivity index (χ3v) is 4.09. The number of nitrogens with one attached hydrogen (secondary N) is 1. The van der Waals surface area contributed by atoms with Gasteiger partial charge in [-0.3, -0.25) is 9.59 Å². The molecule has 0 saturated carbocycles. The molecule has 1 aromatic rings. The Morgan fingerprint density at radius 1 is 1.48 bits per heavy atom. The van der Waals surface area contributed by atoms with Crippen LogP contribution in [0.5, 0.6) is 0 Å². The number of pyridine rings is 1. The molecular weight excluding hydrogens is 358 g/mol. The van der Waals surface area contributed by atoms with Crippen LogP contribution in [0.2, 0.25) is 0 Å². The third kappa shape index (κ3) is 5.13. The van der Waals surface area contributed by atoms with Gasteiger partial charge in [0.15, 0.2) is 0 Å². The van der Waals surface area contributed by atoms with Crippen molar-refractivity contribution in [1.82, 2.24) is 14.8 Å². The fourth-order valence-electron chi connectivity index (χ4n) is 2.62. The smallest absolute Gasteiger partial charge is 0.251 e. The minimum atomic E-state index is -0.148. The highest BCUT2D eigenvalue weighted by atomic mass is 79.9. The van der Waals surface area contributed by atoms with Crippen molar-refractivity contribution in [2.45, 2.75) is 19.4 Å². The van der Waals surface area contributed by atoms with Crippen LogP contribution in [0.3, 0.4) is 0 Å². The van der Waals surface area contributed by atoms with Crippen LogP contribution < -0.4 is 10.9 Å². The van der Waals surface area contributed by atoms with Crippen molar-refractivity contribution in [2.75, 3.05) is 26.7 Å². The van der Waals surface area contributed by atoms with Gasteiger partial charge in [0.1, 0.15) is 6.54 Å². The molecule has 1 atom stereocenters. The minimum Gasteiger partial charge on any atom is -0.341 e. The van der Waals surface area contributed by atoms with Crippen LogP contribution in [0.25, 0.3) is 0 Å². The van der Waals surface area contributed by atoms with Gasteiger partial charge in [-0.15, -0.1) is 12.4 Å². The second kappa shape index (κ2) is 8.56. The lowest BCUT2D eigenvalue weighted by Gasteiger charge is -2.32. The number of amides is 1. The summed E-state index contributed by atoms with van der Waals surface area (Å²) in [5.74, 6) is 0.530. The summed E-state index contributed by atoms with van der Waals surface area (Å²) in [7, 11) is 1.93. The van der Waals surface area contributed by atoms with E-state index in [0.717, 1.165) is 36.9 Å². The summed E-state index contributed by atoms with van der Waals surface area (Å²) in [5.41, 5.74) is -0.148. The number of aromatic nitrogens is 1. The summed E-state index contributed by atoms with van der Waals surface area (Å²) < 4.78 is 2.25. The first-order valence-corrected chi connectivity index (χ1v) is 7.68. The van der Waals surface area contributed by atoms with Crippen LogP contribution in [0.15, 0.2) is 27.6 Å². The van der Waals surface area contributed by atoms with E-state index in [1.807, 2.05) is 11.9 Å². The Balaban J connectivity index is 0.00000220. The molecule has 0 spiro atoms. The summed E-state index contributed by atoms with van der Waals surface area (Å²) in [6.45, 7) is 2.62. The summed E-state index contributed by atoms with van der Waals surface area (Å²) in [6.07, 6.45) is 3.85. The largest absolute Gasteiger partial charge is 0.341 e. The van der Waals surface area contributed by atoms with Gasteiger partial charge in [0.05, 0.1) is 0 Å². The van der Waals surface area contributed by atoms with Crippen LogP contribution in [-0.2, 0) is 11.3 Å². The van der Waals surface area contributed by atoms with Gasteiger partial charge in [-0.25, -0.2) is 0 Å². The molecule has 1 fully saturated rings. The van der Waals surface area contributed by atoms with E-state index in [0.29, 0.717) is 5.92 Å². The van der Waals surface area contributed by atoms with E-state index < -0.39 is 0 Å². The Kier molecular flexibility index (Phi) is 7.42. The van der Waals surface area contributed by atoms with Gasteiger partial charge < -0.3 is 14.8 Å². The van der Waals surface area contributed by atoms with E-state index in [1.165, 1.54) is 10.6 Å². The molecule has 1 amide bonds. The molecule has 1 aliphatic rings. The normalized spacial score (nSPS) is 18.2. The average Bonchev–Trinajstić information content (AvgIpc) is 2.43. The van der Waals surface area contributed by atoms with Crippen LogP contribution in [0, 0.1) is 5.92 Å². The lowest BCUT2D eigenvalue weighted by atomic mass is 9.98. The molecule has 0 radical (unpaired) electrons. The maximum Gasteiger partial charge on any atom is 0.251 e. The van der Waals surface area contributed by atoms with Crippen molar-refractivity contribution in [3.05, 3.63) is 33.2 Å². The van der Waals surface area contributed by atoms with Crippen molar-refractivity contribution in [3.8, 4) is 0 Å². The number of carbonyl (C=O) groups excluding carboxylic acids is 1. The number of hydrogen-bond donors (Lipinski definition) is 1. The lowest BCUT2D eigenvalue weighted by molar-refractivity contribution is -0.133. The van der Waals surface area contributed by atoms with E-state index in [-0.39, 0.29) is 30.4 Å². The van der Waals surface area contributed by atoms with Crippen molar-refractivity contribution < 1.29 is 4.79 Å². The number of rotatable bonds is 4. The lowest BCUT2D eigenvalue weighted by Crippen LogP contribution is -2.44. The number of piperidine rings is 1. The predicted molar refractivity (Wildman–Crippen MR) is 88.9 cm³/mol. The molecule has 1 aliphatic heterocycles. The topological polar surface area (TPSA) is 54.3 Å². The molecule has 1 N–H and O–H groups in total. The Bertz CT molecular complexity index is 533. The highest BCUT2D eigenvalue weighted by Gasteiger charge is 2.23. The number of likely N-dealkylation sites (tertiary alicyclic amines) is 1. The molecule has 0 aliphatic carbocycles. The van der Waals surface area contributed by atoms with Crippen LogP contribution >= 0.6 is 28.3 Å². The second-order valence-corrected chi connectivity index (χ2v) is 6.13. The first-order chi connectivity index (χ1) is 9.60. The molecular formula is C14H21BrClN3O2. The summed E-state index contributed by atoms with van der Waals surface area (Å²) in [4.78, 5) is 25.9. The second-order valence-electron chi connectivity index (χ2n) is 5.22. The standard InChI is InChI=1S/C14H20BrN3O2.ClH/c1-16-7-11-3-2-6-17(8-11)14(20)10-18-9-12(15)4-5-13(18)19;/h4-5,9,11,16H,2-3,6-8,10H2,1H3;1H. The molecule has 1 aromatic heterocycles. The van der Waals surface area contributed by atoms with Crippen LogP contribution in [-0.4, -0.2) is 42.1 Å². The number of hydrogen-bond acceptors (Lipinski definition) is 3. The van der Waals surface area contributed by atoms with Crippen molar-refractivity contribution >= 4 is 34.2 Å². The molecule has 1 unspecified atom stereocenters. The van der Waals surface area contributed by atoms with Gasteiger partial charge in [0, 0.05) is 29.8 Å².